The zero-order valence-corrected chi connectivity index (χ0v) is 18.0. The summed E-state index contributed by atoms with van der Waals surface area (Å²) in [5.74, 6) is -0.737. The summed E-state index contributed by atoms with van der Waals surface area (Å²) in [6.45, 7) is 2.12. The van der Waals surface area contributed by atoms with Crippen LogP contribution in [0.3, 0.4) is 0 Å². The fourth-order valence-corrected chi connectivity index (χ4v) is 4.68. The van der Waals surface area contributed by atoms with Crippen molar-refractivity contribution in [2.45, 2.75) is 32.4 Å². The Morgan fingerprint density at radius 1 is 1.23 bits per heavy atom. The number of hydrogen-bond acceptors (Lipinski definition) is 5. The summed E-state index contributed by atoms with van der Waals surface area (Å²) in [6, 6.07) is 14.8. The van der Waals surface area contributed by atoms with Crippen LogP contribution in [0.2, 0.25) is 5.15 Å². The zero-order chi connectivity index (χ0) is 21.1. The van der Waals surface area contributed by atoms with Gasteiger partial charge in [0.25, 0.3) is 0 Å². The largest absolute Gasteiger partial charge is 0.460 e. The highest BCUT2D eigenvalue weighted by molar-refractivity contribution is 7.10. The van der Waals surface area contributed by atoms with Crippen LogP contribution >= 0.6 is 22.9 Å². The van der Waals surface area contributed by atoms with Gasteiger partial charge in [-0.2, -0.15) is 0 Å². The second-order valence-electron chi connectivity index (χ2n) is 7.30. The number of esters is 1. The van der Waals surface area contributed by atoms with Gasteiger partial charge < -0.3 is 9.64 Å². The number of nitrogens with zero attached hydrogens (tertiary/aromatic N) is 2. The van der Waals surface area contributed by atoms with E-state index < -0.39 is 5.92 Å². The van der Waals surface area contributed by atoms with Crippen molar-refractivity contribution in [3.8, 4) is 0 Å². The molecule has 1 aliphatic rings. The first kappa shape index (κ1) is 20.6. The second kappa shape index (κ2) is 8.98. The van der Waals surface area contributed by atoms with Gasteiger partial charge in [-0.15, -0.1) is 11.3 Å². The van der Waals surface area contributed by atoms with Crippen LogP contribution < -0.4 is 4.90 Å². The average Bonchev–Trinajstić information content (AvgIpc) is 3.28. The van der Waals surface area contributed by atoms with Gasteiger partial charge in [0.2, 0.25) is 5.91 Å². The van der Waals surface area contributed by atoms with Crippen molar-refractivity contribution < 1.29 is 14.3 Å². The molecule has 1 aliphatic heterocycles. The summed E-state index contributed by atoms with van der Waals surface area (Å²) < 4.78 is 5.62. The SMILES string of the molecule is Cc1ccc(N2C(=O)CC[C@H](C(=O)OCc3ccc(Cl)nc3)[C@@H]2c2cccs2)cc1. The van der Waals surface area contributed by atoms with Crippen LogP contribution in [0.15, 0.2) is 60.1 Å². The van der Waals surface area contributed by atoms with Gasteiger partial charge in [-0.25, -0.2) is 4.98 Å². The Bertz CT molecular complexity index is 1020. The number of amides is 1. The van der Waals surface area contributed by atoms with Crippen molar-refractivity contribution in [1.82, 2.24) is 4.98 Å². The number of halogens is 1. The van der Waals surface area contributed by atoms with Crippen LogP contribution in [-0.2, 0) is 20.9 Å². The van der Waals surface area contributed by atoms with E-state index in [2.05, 4.69) is 4.98 Å². The molecule has 7 heteroatoms. The highest BCUT2D eigenvalue weighted by atomic mass is 35.5. The van der Waals surface area contributed by atoms with Gasteiger partial charge in [0, 0.05) is 28.7 Å². The number of rotatable bonds is 5. The summed E-state index contributed by atoms with van der Waals surface area (Å²) in [7, 11) is 0. The van der Waals surface area contributed by atoms with Crippen molar-refractivity contribution in [3.63, 3.8) is 0 Å². The molecule has 0 saturated carbocycles. The van der Waals surface area contributed by atoms with E-state index >= 15 is 0 Å². The predicted octanol–water partition coefficient (Wildman–Crippen LogP) is 5.33. The Morgan fingerprint density at radius 3 is 2.70 bits per heavy atom. The first-order valence-corrected chi connectivity index (χ1v) is 11.0. The molecule has 1 amide bonds. The van der Waals surface area contributed by atoms with Gasteiger partial charge >= 0.3 is 5.97 Å². The van der Waals surface area contributed by atoms with E-state index in [1.54, 1.807) is 34.6 Å². The maximum atomic E-state index is 13.1. The molecule has 3 heterocycles. The molecular weight excluding hydrogens is 420 g/mol. The summed E-state index contributed by atoms with van der Waals surface area (Å²) in [6.07, 6.45) is 2.36. The molecule has 0 radical (unpaired) electrons. The Labute approximate surface area is 184 Å². The normalized spacial score (nSPS) is 19.0. The number of ether oxygens (including phenoxy) is 1. The molecule has 3 aromatic rings. The van der Waals surface area contributed by atoms with Crippen LogP contribution in [0.5, 0.6) is 0 Å². The third-order valence-corrected chi connectivity index (χ3v) is 6.38. The van der Waals surface area contributed by atoms with Crippen molar-refractivity contribution in [1.29, 1.82) is 0 Å². The molecule has 2 atom stereocenters. The van der Waals surface area contributed by atoms with Gasteiger partial charge in [0.1, 0.15) is 11.8 Å². The van der Waals surface area contributed by atoms with Gasteiger partial charge in [0.05, 0.1) is 12.0 Å². The highest BCUT2D eigenvalue weighted by Gasteiger charge is 2.42. The number of pyridine rings is 1. The Hall–Kier alpha value is -2.70. The predicted molar refractivity (Wildman–Crippen MR) is 117 cm³/mol. The van der Waals surface area contributed by atoms with Gasteiger partial charge in [-0.1, -0.05) is 41.4 Å². The van der Waals surface area contributed by atoms with Crippen LogP contribution in [0, 0.1) is 12.8 Å². The van der Waals surface area contributed by atoms with Crippen LogP contribution in [-0.4, -0.2) is 16.9 Å². The molecule has 154 valence electrons. The minimum atomic E-state index is -0.442. The van der Waals surface area contributed by atoms with Crippen molar-refractivity contribution >= 4 is 40.5 Å². The number of carbonyl (C=O) groups excluding carboxylic acids is 2. The lowest BCUT2D eigenvalue weighted by Crippen LogP contribution is -2.45. The van der Waals surface area contributed by atoms with E-state index in [-0.39, 0.29) is 24.5 Å². The number of thiophene rings is 1. The molecule has 0 unspecified atom stereocenters. The molecule has 1 fully saturated rings. The number of hydrogen-bond donors (Lipinski definition) is 0. The third-order valence-electron chi connectivity index (χ3n) is 5.22. The smallest absolute Gasteiger partial charge is 0.311 e. The fraction of sp³-hybridized carbons (Fsp3) is 0.261. The van der Waals surface area contributed by atoms with E-state index in [0.29, 0.717) is 18.0 Å². The van der Waals surface area contributed by atoms with E-state index in [0.717, 1.165) is 21.7 Å². The first-order valence-electron chi connectivity index (χ1n) is 9.72. The van der Waals surface area contributed by atoms with Crippen molar-refractivity contribution in [2.75, 3.05) is 4.90 Å². The number of carbonyl (C=O) groups is 2. The monoisotopic (exact) mass is 440 g/mol. The minimum Gasteiger partial charge on any atom is -0.460 e. The van der Waals surface area contributed by atoms with E-state index in [9.17, 15) is 9.59 Å². The Balaban J connectivity index is 1.60. The summed E-state index contributed by atoms with van der Waals surface area (Å²) in [5, 5.41) is 2.35. The summed E-state index contributed by atoms with van der Waals surface area (Å²) in [4.78, 5) is 32.7. The van der Waals surface area contributed by atoms with Gasteiger partial charge in [-0.3, -0.25) is 9.59 Å². The molecule has 0 spiro atoms. The third kappa shape index (κ3) is 4.40. The minimum absolute atomic E-state index is 0.0169. The van der Waals surface area contributed by atoms with Crippen LogP contribution in [0.4, 0.5) is 5.69 Å². The topological polar surface area (TPSA) is 59.5 Å². The standard InChI is InChI=1S/C23H21ClN2O3S/c1-15-4-7-17(8-5-15)26-21(27)11-9-18(22(26)19-3-2-12-30-19)23(28)29-14-16-6-10-20(24)25-13-16/h2-8,10,12-13,18,22H,9,11,14H2,1H3/t18-,22+/m0/s1. The number of anilines is 1. The molecule has 0 aliphatic carbocycles. The zero-order valence-electron chi connectivity index (χ0n) is 16.5. The molecule has 2 aromatic heterocycles. The van der Waals surface area contributed by atoms with E-state index in [4.69, 9.17) is 16.3 Å². The maximum Gasteiger partial charge on any atom is 0.311 e. The molecular formula is C23H21ClN2O3S. The van der Waals surface area contributed by atoms with Gasteiger partial charge in [0.15, 0.2) is 0 Å². The molecule has 4 rings (SSSR count). The lowest BCUT2D eigenvalue weighted by Gasteiger charge is -2.39. The summed E-state index contributed by atoms with van der Waals surface area (Å²) >= 11 is 7.36. The average molecular weight is 441 g/mol. The van der Waals surface area contributed by atoms with Crippen LogP contribution in [0.25, 0.3) is 0 Å². The maximum absolute atomic E-state index is 13.1. The summed E-state index contributed by atoms with van der Waals surface area (Å²) in [5.41, 5.74) is 2.68. The Kier molecular flexibility index (Phi) is 6.16. The van der Waals surface area contributed by atoms with E-state index in [1.807, 2.05) is 48.7 Å². The second-order valence-corrected chi connectivity index (χ2v) is 8.67. The fourth-order valence-electron chi connectivity index (χ4n) is 3.69. The first-order chi connectivity index (χ1) is 14.5. The molecule has 0 N–H and O–H groups in total. The quantitative estimate of drug-likeness (QED) is 0.397. The van der Waals surface area contributed by atoms with Crippen LogP contribution in [0.1, 0.15) is 34.9 Å². The molecule has 1 aromatic carbocycles. The number of aryl methyl sites for hydroxylation is 1. The lowest BCUT2D eigenvalue weighted by molar-refractivity contribution is -0.152. The number of piperidine rings is 1. The van der Waals surface area contributed by atoms with Gasteiger partial charge in [-0.05, 0) is 43.0 Å². The molecule has 1 saturated heterocycles. The molecule has 30 heavy (non-hydrogen) atoms. The van der Waals surface area contributed by atoms with Crippen molar-refractivity contribution in [2.24, 2.45) is 5.92 Å². The lowest BCUT2D eigenvalue weighted by atomic mass is 9.87. The Morgan fingerprint density at radius 2 is 2.03 bits per heavy atom. The van der Waals surface area contributed by atoms with E-state index in [1.165, 1.54) is 0 Å². The number of benzene rings is 1. The molecule has 0 bridgehead atoms. The van der Waals surface area contributed by atoms with Crippen molar-refractivity contribution in [3.05, 3.63) is 81.3 Å². The number of aromatic nitrogens is 1. The molecule has 5 nitrogen and oxygen atoms in total. The highest BCUT2D eigenvalue weighted by Crippen LogP contribution is 2.42.